The summed E-state index contributed by atoms with van der Waals surface area (Å²) in [5.41, 5.74) is 7.08. The number of benzene rings is 1. The predicted molar refractivity (Wildman–Crippen MR) is 102 cm³/mol. The lowest BCUT2D eigenvalue weighted by molar-refractivity contribution is -0.155. The first-order chi connectivity index (χ1) is 13.4. The molecule has 3 rings (SSSR count). The van der Waals surface area contributed by atoms with Gasteiger partial charge in [0.15, 0.2) is 12.2 Å². The minimum atomic E-state index is -1.77. The molecule has 2 fully saturated rings. The van der Waals surface area contributed by atoms with Gasteiger partial charge in [-0.2, -0.15) is 0 Å². The van der Waals surface area contributed by atoms with Gasteiger partial charge >= 0.3 is 0 Å². The molecule has 2 aliphatic heterocycles. The van der Waals surface area contributed by atoms with E-state index in [0.717, 1.165) is 38.0 Å². The molecule has 0 spiro atoms. The molecule has 0 unspecified atom stereocenters. The van der Waals surface area contributed by atoms with E-state index >= 15 is 0 Å². The number of nitrogens with one attached hydrogen (secondary N) is 1. The van der Waals surface area contributed by atoms with Crippen molar-refractivity contribution in [1.29, 1.82) is 0 Å². The second kappa shape index (κ2) is 8.74. The van der Waals surface area contributed by atoms with Crippen molar-refractivity contribution in [3.63, 3.8) is 0 Å². The zero-order valence-corrected chi connectivity index (χ0v) is 15.7. The van der Waals surface area contributed by atoms with E-state index in [4.69, 9.17) is 5.73 Å². The van der Waals surface area contributed by atoms with Gasteiger partial charge in [0.2, 0.25) is 0 Å². The standard InChI is InChI=1S/C19H27FN4O4/c20-13-2-3-15(14(21)10-13)23-8-4-12(5-9-23)11-22-18(27)16(25)17(26)19(28)24-6-1-7-24/h2-3,10,12,16-17,25-26H,1,4-9,11,21H2,(H,22,27)/t16-,17-/m1/s1. The number of anilines is 2. The third-order valence-corrected chi connectivity index (χ3v) is 5.50. The van der Waals surface area contributed by atoms with Crippen LogP contribution in [0.1, 0.15) is 19.3 Å². The van der Waals surface area contributed by atoms with Crippen LogP contribution in [0.25, 0.3) is 0 Å². The normalized spacial score (nSPS) is 19.7. The Hall–Kier alpha value is -2.39. The molecule has 2 aliphatic rings. The predicted octanol–water partition coefficient (Wildman–Crippen LogP) is -0.305. The number of halogens is 1. The van der Waals surface area contributed by atoms with E-state index in [1.165, 1.54) is 17.0 Å². The molecule has 2 saturated heterocycles. The molecule has 5 N–H and O–H groups in total. The SMILES string of the molecule is Nc1cc(F)ccc1N1CCC(CNC(=O)[C@H](O)[C@@H](O)C(=O)N2CCC2)CC1. The van der Waals surface area contributed by atoms with Crippen LogP contribution < -0.4 is 16.0 Å². The van der Waals surface area contributed by atoms with Gasteiger partial charge in [-0.25, -0.2) is 4.39 Å². The Balaban J connectivity index is 1.43. The molecule has 154 valence electrons. The van der Waals surface area contributed by atoms with Crippen molar-refractivity contribution in [2.45, 2.75) is 31.5 Å². The monoisotopic (exact) mass is 394 g/mol. The molecular formula is C19H27FN4O4. The Bertz CT molecular complexity index is 720. The Kier molecular flexibility index (Phi) is 6.35. The Morgan fingerprint density at radius 3 is 2.43 bits per heavy atom. The fourth-order valence-electron chi connectivity index (χ4n) is 3.54. The molecule has 8 nitrogen and oxygen atoms in total. The van der Waals surface area contributed by atoms with Crippen molar-refractivity contribution in [3.8, 4) is 0 Å². The van der Waals surface area contributed by atoms with Crippen LogP contribution in [0.4, 0.5) is 15.8 Å². The van der Waals surface area contributed by atoms with E-state index in [0.29, 0.717) is 25.3 Å². The number of hydrogen-bond acceptors (Lipinski definition) is 6. The van der Waals surface area contributed by atoms with Gasteiger partial charge in [0.05, 0.1) is 11.4 Å². The molecule has 0 aliphatic carbocycles. The summed E-state index contributed by atoms with van der Waals surface area (Å²) in [4.78, 5) is 27.5. The molecule has 28 heavy (non-hydrogen) atoms. The maximum absolute atomic E-state index is 13.2. The zero-order valence-electron chi connectivity index (χ0n) is 15.7. The van der Waals surface area contributed by atoms with Gasteiger partial charge in [-0.15, -0.1) is 0 Å². The smallest absolute Gasteiger partial charge is 0.254 e. The number of amides is 2. The molecule has 0 aromatic heterocycles. The van der Waals surface area contributed by atoms with Crippen molar-refractivity contribution < 1.29 is 24.2 Å². The van der Waals surface area contributed by atoms with E-state index in [1.807, 2.05) is 0 Å². The molecule has 0 radical (unpaired) electrons. The summed E-state index contributed by atoms with van der Waals surface area (Å²) in [6, 6.07) is 4.35. The highest BCUT2D eigenvalue weighted by molar-refractivity contribution is 5.90. The molecule has 9 heteroatoms. The number of nitrogens with two attached hydrogens (primary N) is 1. The molecule has 1 aromatic carbocycles. The van der Waals surface area contributed by atoms with E-state index in [-0.39, 0.29) is 11.7 Å². The van der Waals surface area contributed by atoms with E-state index in [9.17, 15) is 24.2 Å². The summed E-state index contributed by atoms with van der Waals surface area (Å²) in [6.45, 7) is 2.87. The van der Waals surface area contributed by atoms with E-state index in [1.54, 1.807) is 6.07 Å². The number of carbonyl (C=O) groups is 2. The van der Waals surface area contributed by atoms with Crippen LogP contribution in [0.5, 0.6) is 0 Å². The van der Waals surface area contributed by atoms with Crippen LogP contribution in [0, 0.1) is 11.7 Å². The topological polar surface area (TPSA) is 119 Å². The second-order valence-electron chi connectivity index (χ2n) is 7.45. The van der Waals surface area contributed by atoms with Crippen LogP contribution in [0.2, 0.25) is 0 Å². The van der Waals surface area contributed by atoms with Gasteiger partial charge in [-0.1, -0.05) is 0 Å². The third kappa shape index (κ3) is 4.53. The van der Waals surface area contributed by atoms with Crippen LogP contribution >= 0.6 is 0 Å². The van der Waals surface area contributed by atoms with E-state index in [2.05, 4.69) is 10.2 Å². The first kappa shape index (κ1) is 20.3. The Morgan fingerprint density at radius 2 is 1.86 bits per heavy atom. The molecule has 0 saturated carbocycles. The highest BCUT2D eigenvalue weighted by atomic mass is 19.1. The van der Waals surface area contributed by atoms with Gasteiger partial charge in [0.25, 0.3) is 11.8 Å². The largest absolute Gasteiger partial charge is 0.397 e. The molecule has 2 heterocycles. The number of hydrogen-bond donors (Lipinski definition) is 4. The highest BCUT2D eigenvalue weighted by Crippen LogP contribution is 2.28. The number of aliphatic hydroxyl groups excluding tert-OH is 2. The lowest BCUT2D eigenvalue weighted by atomic mass is 9.96. The van der Waals surface area contributed by atoms with Crippen LogP contribution in [-0.4, -0.2) is 71.9 Å². The first-order valence-corrected chi connectivity index (χ1v) is 9.59. The minimum Gasteiger partial charge on any atom is -0.397 e. The number of nitrogen functional groups attached to an aromatic ring is 1. The van der Waals surface area contributed by atoms with Crippen LogP contribution in [0.3, 0.4) is 0 Å². The molecule has 2 amide bonds. The fraction of sp³-hybridized carbons (Fsp3) is 0.579. The number of nitrogens with zero attached hydrogens (tertiary/aromatic N) is 2. The van der Waals surface area contributed by atoms with Crippen molar-refractivity contribution in [1.82, 2.24) is 10.2 Å². The average molecular weight is 394 g/mol. The third-order valence-electron chi connectivity index (χ3n) is 5.50. The van der Waals surface area contributed by atoms with Gasteiger partial charge < -0.3 is 31.1 Å². The summed E-state index contributed by atoms with van der Waals surface area (Å²) in [5.74, 6) is -1.52. The Labute approximate surface area is 163 Å². The van der Waals surface area contributed by atoms with Crippen LogP contribution in [0.15, 0.2) is 18.2 Å². The van der Waals surface area contributed by atoms with Gasteiger partial charge in [-0.3, -0.25) is 9.59 Å². The van der Waals surface area contributed by atoms with Gasteiger partial charge in [0, 0.05) is 32.7 Å². The van der Waals surface area contributed by atoms with Gasteiger partial charge in [-0.05, 0) is 43.4 Å². The molecule has 2 atom stereocenters. The molecule has 1 aromatic rings. The average Bonchev–Trinajstić information content (AvgIpc) is 2.64. The Morgan fingerprint density at radius 1 is 1.18 bits per heavy atom. The van der Waals surface area contributed by atoms with Crippen molar-refractivity contribution in [3.05, 3.63) is 24.0 Å². The summed E-state index contributed by atoms with van der Waals surface area (Å²) in [6.07, 6.45) is -1.05. The molecular weight excluding hydrogens is 367 g/mol. The quantitative estimate of drug-likeness (QED) is 0.492. The maximum Gasteiger partial charge on any atom is 0.254 e. The van der Waals surface area contributed by atoms with E-state index < -0.39 is 24.0 Å². The second-order valence-corrected chi connectivity index (χ2v) is 7.45. The van der Waals surface area contributed by atoms with Gasteiger partial charge in [0.1, 0.15) is 5.82 Å². The summed E-state index contributed by atoms with van der Waals surface area (Å²) < 4.78 is 13.2. The fourth-order valence-corrected chi connectivity index (χ4v) is 3.54. The minimum absolute atomic E-state index is 0.206. The van der Waals surface area contributed by atoms with Crippen molar-refractivity contribution in [2.24, 2.45) is 5.92 Å². The molecule has 0 bridgehead atoms. The maximum atomic E-state index is 13.2. The summed E-state index contributed by atoms with van der Waals surface area (Å²) >= 11 is 0. The van der Waals surface area contributed by atoms with Crippen molar-refractivity contribution in [2.75, 3.05) is 43.4 Å². The van der Waals surface area contributed by atoms with Crippen LogP contribution in [-0.2, 0) is 9.59 Å². The number of carbonyl (C=O) groups excluding carboxylic acids is 2. The zero-order chi connectivity index (χ0) is 20.3. The number of aliphatic hydroxyl groups is 2. The summed E-state index contributed by atoms with van der Waals surface area (Å²) in [5, 5.41) is 22.4. The lowest BCUT2D eigenvalue weighted by Gasteiger charge is -2.35. The number of rotatable bonds is 6. The number of piperidine rings is 1. The van der Waals surface area contributed by atoms with Crippen molar-refractivity contribution >= 4 is 23.2 Å². The lowest BCUT2D eigenvalue weighted by Crippen LogP contribution is -2.54. The highest BCUT2D eigenvalue weighted by Gasteiger charge is 2.35. The first-order valence-electron chi connectivity index (χ1n) is 9.59. The number of likely N-dealkylation sites (tertiary alicyclic amines) is 1. The summed E-state index contributed by atoms with van der Waals surface area (Å²) in [7, 11) is 0.